The minimum absolute atomic E-state index is 0.315. The summed E-state index contributed by atoms with van der Waals surface area (Å²) in [7, 11) is 0. The SMILES string of the molecule is O=C(O)C[C@@H](O)c1cccnc1Br. The molecule has 1 aromatic heterocycles. The van der Waals surface area contributed by atoms with Gasteiger partial charge in [0.2, 0.25) is 0 Å². The summed E-state index contributed by atoms with van der Waals surface area (Å²) in [6, 6.07) is 3.27. The summed E-state index contributed by atoms with van der Waals surface area (Å²) in [4.78, 5) is 14.2. The van der Waals surface area contributed by atoms with Crippen LogP contribution in [-0.2, 0) is 4.79 Å². The summed E-state index contributed by atoms with van der Waals surface area (Å²) >= 11 is 3.12. The van der Waals surface area contributed by atoms with Crippen molar-refractivity contribution in [2.24, 2.45) is 0 Å². The predicted octanol–water partition coefficient (Wildman–Crippen LogP) is 1.35. The molecule has 0 spiro atoms. The Morgan fingerprint density at radius 2 is 2.38 bits per heavy atom. The third-order valence-electron chi connectivity index (χ3n) is 1.51. The van der Waals surface area contributed by atoms with Crippen LogP contribution in [0.15, 0.2) is 22.9 Å². The molecule has 1 heterocycles. The zero-order valence-corrected chi connectivity index (χ0v) is 8.23. The van der Waals surface area contributed by atoms with E-state index in [1.54, 1.807) is 18.3 Å². The van der Waals surface area contributed by atoms with Gasteiger partial charge in [-0.2, -0.15) is 0 Å². The number of aliphatic hydroxyl groups is 1. The molecule has 0 aliphatic rings. The average Bonchev–Trinajstić information content (AvgIpc) is 2.03. The largest absolute Gasteiger partial charge is 0.481 e. The Hall–Kier alpha value is -0.940. The van der Waals surface area contributed by atoms with Crippen LogP contribution in [0.5, 0.6) is 0 Å². The summed E-state index contributed by atoms with van der Waals surface area (Å²) < 4.78 is 0.476. The fraction of sp³-hybridized carbons (Fsp3) is 0.250. The zero-order chi connectivity index (χ0) is 9.84. The van der Waals surface area contributed by atoms with E-state index >= 15 is 0 Å². The molecule has 1 rings (SSSR count). The van der Waals surface area contributed by atoms with E-state index in [0.717, 1.165) is 0 Å². The van der Waals surface area contributed by atoms with Gasteiger partial charge in [-0.05, 0) is 22.0 Å². The van der Waals surface area contributed by atoms with E-state index in [0.29, 0.717) is 10.2 Å². The predicted molar refractivity (Wildman–Crippen MR) is 49.1 cm³/mol. The normalized spacial score (nSPS) is 12.5. The molecule has 1 aromatic rings. The lowest BCUT2D eigenvalue weighted by Crippen LogP contribution is -2.06. The van der Waals surface area contributed by atoms with Crippen LogP contribution >= 0.6 is 15.9 Å². The first-order chi connectivity index (χ1) is 6.11. The maximum atomic E-state index is 10.3. The molecule has 0 aliphatic heterocycles. The number of hydrogen-bond donors (Lipinski definition) is 2. The number of pyridine rings is 1. The van der Waals surface area contributed by atoms with Crippen molar-refractivity contribution < 1.29 is 15.0 Å². The Labute approximate surface area is 83.4 Å². The summed E-state index contributed by atoms with van der Waals surface area (Å²) in [5.74, 6) is -1.04. The molecule has 0 bridgehead atoms. The molecule has 0 aliphatic carbocycles. The Kier molecular flexibility index (Phi) is 3.39. The topological polar surface area (TPSA) is 70.4 Å². The first kappa shape index (κ1) is 10.1. The molecule has 0 saturated carbocycles. The fourth-order valence-electron chi connectivity index (χ4n) is 0.922. The highest BCUT2D eigenvalue weighted by molar-refractivity contribution is 9.10. The van der Waals surface area contributed by atoms with Crippen molar-refractivity contribution >= 4 is 21.9 Å². The van der Waals surface area contributed by atoms with Crippen LogP contribution in [0.3, 0.4) is 0 Å². The van der Waals surface area contributed by atoms with Gasteiger partial charge in [-0.3, -0.25) is 4.79 Å². The van der Waals surface area contributed by atoms with E-state index in [1.165, 1.54) is 0 Å². The molecule has 1 atom stereocenters. The number of hydrogen-bond acceptors (Lipinski definition) is 3. The van der Waals surface area contributed by atoms with E-state index in [1.807, 2.05) is 0 Å². The molecule has 70 valence electrons. The number of carboxylic acids is 1. The quantitative estimate of drug-likeness (QED) is 0.790. The van der Waals surface area contributed by atoms with Crippen LogP contribution in [0.25, 0.3) is 0 Å². The lowest BCUT2D eigenvalue weighted by Gasteiger charge is -2.08. The highest BCUT2D eigenvalue weighted by Crippen LogP contribution is 2.22. The minimum Gasteiger partial charge on any atom is -0.481 e. The first-order valence-corrected chi connectivity index (χ1v) is 4.41. The molecule has 13 heavy (non-hydrogen) atoms. The van der Waals surface area contributed by atoms with Gasteiger partial charge in [-0.25, -0.2) is 4.98 Å². The standard InChI is InChI=1S/C8H8BrNO3/c9-8-5(2-1-3-10-8)6(11)4-7(12)13/h1-3,6,11H,4H2,(H,12,13)/t6-/m1/s1. The third kappa shape index (κ3) is 2.78. The van der Waals surface area contributed by atoms with Crippen LogP contribution in [0, 0.1) is 0 Å². The third-order valence-corrected chi connectivity index (χ3v) is 2.18. The van der Waals surface area contributed by atoms with Crippen LogP contribution in [-0.4, -0.2) is 21.2 Å². The van der Waals surface area contributed by atoms with Crippen molar-refractivity contribution in [3.8, 4) is 0 Å². The van der Waals surface area contributed by atoms with E-state index in [9.17, 15) is 9.90 Å². The van der Waals surface area contributed by atoms with Gasteiger partial charge in [0.15, 0.2) is 0 Å². The monoisotopic (exact) mass is 245 g/mol. The molecule has 0 unspecified atom stereocenters. The van der Waals surface area contributed by atoms with E-state index in [4.69, 9.17) is 5.11 Å². The maximum absolute atomic E-state index is 10.3. The Morgan fingerprint density at radius 1 is 1.69 bits per heavy atom. The number of halogens is 1. The summed E-state index contributed by atoms with van der Waals surface area (Å²) in [6.07, 6.45) is 0.228. The van der Waals surface area contributed by atoms with Crippen LogP contribution in [0.1, 0.15) is 18.1 Å². The van der Waals surface area contributed by atoms with Crippen LogP contribution < -0.4 is 0 Å². The second-order valence-electron chi connectivity index (χ2n) is 2.50. The molecule has 0 radical (unpaired) electrons. The van der Waals surface area contributed by atoms with Crippen LogP contribution in [0.4, 0.5) is 0 Å². The fourth-order valence-corrected chi connectivity index (χ4v) is 1.44. The van der Waals surface area contributed by atoms with E-state index in [-0.39, 0.29) is 6.42 Å². The Balaban J connectivity index is 2.82. The molecule has 0 saturated heterocycles. The van der Waals surface area contributed by atoms with Gasteiger partial charge >= 0.3 is 5.97 Å². The molecular formula is C8H8BrNO3. The van der Waals surface area contributed by atoms with Crippen molar-refractivity contribution in [3.05, 3.63) is 28.5 Å². The summed E-state index contributed by atoms with van der Waals surface area (Å²) in [5.41, 5.74) is 0.491. The average molecular weight is 246 g/mol. The molecule has 5 heteroatoms. The number of carboxylic acid groups (broad SMARTS) is 1. The number of aliphatic hydroxyl groups excluding tert-OH is 1. The second kappa shape index (κ2) is 4.34. The molecule has 0 aromatic carbocycles. The van der Waals surface area contributed by atoms with Crippen molar-refractivity contribution in [2.75, 3.05) is 0 Å². The molecule has 4 nitrogen and oxygen atoms in total. The molecule has 2 N–H and O–H groups in total. The van der Waals surface area contributed by atoms with Gasteiger partial charge in [0.25, 0.3) is 0 Å². The molecule has 0 amide bonds. The lowest BCUT2D eigenvalue weighted by atomic mass is 10.1. The van der Waals surface area contributed by atoms with E-state index in [2.05, 4.69) is 20.9 Å². The summed E-state index contributed by atoms with van der Waals surface area (Å²) in [5, 5.41) is 17.9. The Bertz CT molecular complexity index is 316. The van der Waals surface area contributed by atoms with Gasteiger partial charge in [0, 0.05) is 11.8 Å². The molecule has 0 fully saturated rings. The highest BCUT2D eigenvalue weighted by atomic mass is 79.9. The van der Waals surface area contributed by atoms with Gasteiger partial charge in [0.1, 0.15) is 4.60 Å². The molecular weight excluding hydrogens is 238 g/mol. The van der Waals surface area contributed by atoms with E-state index < -0.39 is 12.1 Å². The zero-order valence-electron chi connectivity index (χ0n) is 6.64. The lowest BCUT2D eigenvalue weighted by molar-refractivity contribution is -0.139. The van der Waals surface area contributed by atoms with Crippen molar-refractivity contribution in [1.82, 2.24) is 4.98 Å². The Morgan fingerprint density at radius 3 is 2.92 bits per heavy atom. The second-order valence-corrected chi connectivity index (χ2v) is 3.25. The minimum atomic E-state index is -1.04. The number of carbonyl (C=O) groups is 1. The van der Waals surface area contributed by atoms with Gasteiger partial charge in [-0.1, -0.05) is 6.07 Å². The first-order valence-electron chi connectivity index (χ1n) is 3.61. The number of nitrogens with zero attached hydrogens (tertiary/aromatic N) is 1. The van der Waals surface area contributed by atoms with Gasteiger partial charge < -0.3 is 10.2 Å². The summed E-state index contributed by atoms with van der Waals surface area (Å²) in [6.45, 7) is 0. The van der Waals surface area contributed by atoms with Gasteiger partial charge in [0.05, 0.1) is 12.5 Å². The van der Waals surface area contributed by atoms with Crippen LogP contribution in [0.2, 0.25) is 0 Å². The number of rotatable bonds is 3. The van der Waals surface area contributed by atoms with Gasteiger partial charge in [-0.15, -0.1) is 0 Å². The van der Waals surface area contributed by atoms with Crippen molar-refractivity contribution in [2.45, 2.75) is 12.5 Å². The maximum Gasteiger partial charge on any atom is 0.306 e. The number of aromatic nitrogens is 1. The highest BCUT2D eigenvalue weighted by Gasteiger charge is 2.14. The van der Waals surface area contributed by atoms with Crippen molar-refractivity contribution in [1.29, 1.82) is 0 Å². The number of aliphatic carboxylic acids is 1. The smallest absolute Gasteiger partial charge is 0.306 e. The van der Waals surface area contributed by atoms with Crippen molar-refractivity contribution in [3.63, 3.8) is 0 Å².